The van der Waals surface area contributed by atoms with Crippen LogP contribution in [-0.2, 0) is 23.9 Å². The number of halogens is 1. The summed E-state index contributed by atoms with van der Waals surface area (Å²) >= 11 is 0. The summed E-state index contributed by atoms with van der Waals surface area (Å²) in [6.45, 7) is 12.8. The van der Waals surface area contributed by atoms with E-state index in [4.69, 9.17) is 19.4 Å². The van der Waals surface area contributed by atoms with Gasteiger partial charge in [-0.1, -0.05) is 37.8 Å². The highest BCUT2D eigenvalue weighted by Gasteiger charge is 2.36. The van der Waals surface area contributed by atoms with Crippen LogP contribution in [0.1, 0.15) is 36.5 Å². The molecule has 1 aromatic heterocycles. The molecule has 4 rings (SSSR count). The first-order valence-electron chi connectivity index (χ1n) is 13.5. The number of carboxylic acid groups (broad SMARTS) is 1. The lowest BCUT2D eigenvalue weighted by Crippen LogP contribution is -2.56. The van der Waals surface area contributed by atoms with Crippen LogP contribution in [-0.4, -0.2) is 106 Å². The van der Waals surface area contributed by atoms with Gasteiger partial charge in [0.15, 0.2) is 5.69 Å². The Morgan fingerprint density at radius 1 is 1.24 bits per heavy atom. The molecule has 0 aliphatic carbocycles. The highest BCUT2D eigenvalue weighted by molar-refractivity contribution is 5.93. The van der Waals surface area contributed by atoms with Crippen LogP contribution < -0.4 is 5.32 Å². The maximum atomic E-state index is 14.3. The van der Waals surface area contributed by atoms with E-state index in [2.05, 4.69) is 36.1 Å². The average Bonchev–Trinajstić information content (AvgIpc) is 3.37. The third-order valence-electron chi connectivity index (χ3n) is 6.62. The Labute approximate surface area is 243 Å². The monoisotopic (exact) mass is 588 g/mol. The molecule has 2 N–H and O–H groups in total. The van der Waals surface area contributed by atoms with Gasteiger partial charge in [-0.05, 0) is 31.4 Å². The minimum Gasteiger partial charge on any atom is -0.478 e. The van der Waals surface area contributed by atoms with Crippen molar-refractivity contribution < 1.29 is 38.2 Å². The first kappa shape index (κ1) is 33.9. The Bertz CT molecular complexity index is 1260. The Morgan fingerprint density at radius 3 is 2.43 bits per heavy atom. The number of ether oxygens (including phenoxy) is 1. The smallest absolute Gasteiger partial charge is 0.373 e. The van der Waals surface area contributed by atoms with Gasteiger partial charge in [0.1, 0.15) is 11.5 Å². The third-order valence-corrected chi connectivity index (χ3v) is 6.62. The van der Waals surface area contributed by atoms with Crippen LogP contribution in [0.5, 0.6) is 0 Å². The summed E-state index contributed by atoms with van der Waals surface area (Å²) in [5.74, 6) is -1.53. The molecule has 228 valence electrons. The van der Waals surface area contributed by atoms with Crippen LogP contribution in [0.3, 0.4) is 0 Å². The molecule has 0 saturated carbocycles. The van der Waals surface area contributed by atoms with Gasteiger partial charge in [-0.2, -0.15) is 9.59 Å². The molecule has 13 nitrogen and oxygen atoms in total. The Hall–Kier alpha value is -4.26. The topological polar surface area (TPSA) is 164 Å². The van der Waals surface area contributed by atoms with Gasteiger partial charge in [-0.15, -0.1) is 5.10 Å². The molecule has 0 spiro atoms. The van der Waals surface area contributed by atoms with Gasteiger partial charge < -0.3 is 25.0 Å². The van der Waals surface area contributed by atoms with Crippen molar-refractivity contribution >= 4 is 23.9 Å². The van der Waals surface area contributed by atoms with Crippen LogP contribution in [0.4, 0.5) is 4.39 Å². The zero-order valence-electron chi connectivity index (χ0n) is 24.0. The summed E-state index contributed by atoms with van der Waals surface area (Å²) in [5.41, 5.74) is 0.927. The molecule has 0 bridgehead atoms. The molecule has 14 heteroatoms. The quantitative estimate of drug-likeness (QED) is 0.451. The molecule has 2 atom stereocenters. The minimum atomic E-state index is -0.981. The van der Waals surface area contributed by atoms with Crippen LogP contribution >= 0.6 is 0 Å². The van der Waals surface area contributed by atoms with Gasteiger partial charge in [0.25, 0.3) is 5.91 Å². The van der Waals surface area contributed by atoms with E-state index in [1.165, 1.54) is 10.7 Å². The molecule has 2 amide bonds. The maximum Gasteiger partial charge on any atom is 0.373 e. The summed E-state index contributed by atoms with van der Waals surface area (Å²) in [6, 6.07) is 6.11. The highest BCUT2D eigenvalue weighted by atomic mass is 19.1. The molecule has 2 aliphatic rings. The number of piperidine rings is 1. The van der Waals surface area contributed by atoms with Gasteiger partial charge in [0, 0.05) is 44.8 Å². The van der Waals surface area contributed by atoms with Crippen molar-refractivity contribution in [3.05, 3.63) is 54.1 Å². The number of aliphatic carboxylic acids is 1. The van der Waals surface area contributed by atoms with E-state index in [0.29, 0.717) is 58.1 Å². The Balaban J connectivity index is 0.000000686. The Morgan fingerprint density at radius 2 is 1.86 bits per heavy atom. The summed E-state index contributed by atoms with van der Waals surface area (Å²) < 4.78 is 21.1. The maximum absolute atomic E-state index is 14.3. The number of para-hydroxylation sites is 1. The first-order chi connectivity index (χ1) is 20.0. The number of amides is 2. The van der Waals surface area contributed by atoms with Gasteiger partial charge in [0.2, 0.25) is 5.91 Å². The molecule has 0 unspecified atom stereocenters. The van der Waals surface area contributed by atoms with Crippen molar-refractivity contribution in [1.82, 2.24) is 30.1 Å². The normalized spacial score (nSPS) is 18.0. The first-order valence-corrected chi connectivity index (χ1v) is 13.5. The molecule has 0 radical (unpaired) electrons. The molecular weight excluding hydrogens is 551 g/mol. The number of benzene rings is 1. The predicted molar refractivity (Wildman–Crippen MR) is 147 cm³/mol. The lowest BCUT2D eigenvalue weighted by atomic mass is 9.92. The van der Waals surface area contributed by atoms with Gasteiger partial charge in [-0.3, -0.25) is 9.59 Å². The number of hydrogen-bond donors (Lipinski definition) is 2. The van der Waals surface area contributed by atoms with Crippen LogP contribution in [0.15, 0.2) is 36.9 Å². The largest absolute Gasteiger partial charge is 0.478 e. The number of aromatic nitrogens is 3. The highest BCUT2D eigenvalue weighted by Crippen LogP contribution is 2.23. The molecule has 42 heavy (non-hydrogen) atoms. The number of carbonyl (C=O) groups is 3. The van der Waals surface area contributed by atoms with Gasteiger partial charge in [0.05, 0.1) is 24.8 Å². The summed E-state index contributed by atoms with van der Waals surface area (Å²) in [4.78, 5) is 55.9. The van der Waals surface area contributed by atoms with Crippen LogP contribution in [0, 0.1) is 24.6 Å². The predicted octanol–water partition coefficient (Wildman–Crippen LogP) is 1.32. The van der Waals surface area contributed by atoms with Crippen molar-refractivity contribution in [3.8, 4) is 5.69 Å². The van der Waals surface area contributed by atoms with Gasteiger partial charge in [-0.25, -0.2) is 13.9 Å². The SMILES string of the molecule is C=CC(=O)O.Cc1c(C(=O)N(CC(C)C)[C@@H]2CNC[C@H](C(=O)N3CCOCC3)C2)nnn1-c1ccccc1F.O=C=O. The molecule has 2 saturated heterocycles. The van der Waals surface area contributed by atoms with E-state index < -0.39 is 11.8 Å². The van der Waals surface area contributed by atoms with Crippen LogP contribution in [0.25, 0.3) is 5.69 Å². The molecule has 2 aromatic rings. The van der Waals surface area contributed by atoms with Crippen molar-refractivity contribution in [2.24, 2.45) is 11.8 Å². The Kier molecular flexibility index (Phi) is 13.6. The summed E-state index contributed by atoms with van der Waals surface area (Å²) in [6.07, 6.45) is 1.67. The fourth-order valence-corrected chi connectivity index (χ4v) is 4.69. The minimum absolute atomic E-state index is 0.110. The van der Waals surface area contributed by atoms with Crippen molar-refractivity contribution in [2.45, 2.75) is 33.2 Å². The number of carboxylic acids is 1. The van der Waals surface area contributed by atoms with Crippen molar-refractivity contribution in [3.63, 3.8) is 0 Å². The lowest BCUT2D eigenvalue weighted by Gasteiger charge is -2.40. The van der Waals surface area contributed by atoms with E-state index >= 15 is 0 Å². The lowest BCUT2D eigenvalue weighted by molar-refractivity contribution is -0.191. The van der Waals surface area contributed by atoms with E-state index in [9.17, 15) is 18.8 Å². The van der Waals surface area contributed by atoms with E-state index in [-0.39, 0.29) is 47.2 Å². The summed E-state index contributed by atoms with van der Waals surface area (Å²) in [5, 5.41) is 19.2. The second-order valence-electron chi connectivity index (χ2n) is 10.0. The standard InChI is InChI=1S/C24H33FN6O3.C3H4O2.CO2/c1-16(2)15-30(19-12-18(13-26-14-19)23(32)29-8-10-34-11-9-29)24(33)22-17(3)31(28-27-22)21-7-5-4-6-20(21)25;1-2-3(4)5;2-1-3/h4-7,16,18-19,26H,8-15H2,1-3H3;2H,1H2,(H,4,5);/t18-,19+;;/m1../s1. The summed E-state index contributed by atoms with van der Waals surface area (Å²) in [7, 11) is 0. The number of nitrogens with one attached hydrogen (secondary N) is 1. The number of nitrogens with zero attached hydrogens (tertiary/aromatic N) is 5. The number of morpholine rings is 1. The molecule has 2 fully saturated rings. The zero-order chi connectivity index (χ0) is 31.2. The number of carbonyl (C=O) groups excluding carboxylic acids is 4. The third kappa shape index (κ3) is 9.40. The number of hydrogen-bond acceptors (Lipinski definition) is 9. The van der Waals surface area contributed by atoms with E-state index in [1.807, 2.05) is 4.90 Å². The van der Waals surface area contributed by atoms with E-state index in [1.54, 1.807) is 30.0 Å². The fourth-order valence-electron chi connectivity index (χ4n) is 4.69. The molecule has 3 heterocycles. The van der Waals surface area contributed by atoms with E-state index in [0.717, 1.165) is 6.08 Å². The number of rotatable bonds is 7. The van der Waals surface area contributed by atoms with Crippen molar-refractivity contribution in [2.75, 3.05) is 45.9 Å². The average molecular weight is 589 g/mol. The second kappa shape index (κ2) is 16.9. The van der Waals surface area contributed by atoms with Crippen LogP contribution in [0.2, 0.25) is 0 Å². The fraction of sp³-hybridized carbons (Fsp3) is 0.500. The van der Waals surface area contributed by atoms with Crippen molar-refractivity contribution in [1.29, 1.82) is 0 Å². The second-order valence-corrected chi connectivity index (χ2v) is 10.0. The van der Waals surface area contributed by atoms with Gasteiger partial charge >= 0.3 is 12.1 Å². The molecule has 1 aromatic carbocycles. The molecule has 2 aliphatic heterocycles. The zero-order valence-corrected chi connectivity index (χ0v) is 24.0. The molecular formula is C28H37FN6O7.